The van der Waals surface area contributed by atoms with Gasteiger partial charge in [0.15, 0.2) is 0 Å². The lowest BCUT2D eigenvalue weighted by molar-refractivity contribution is -0.140. The van der Waals surface area contributed by atoms with Crippen LogP contribution in [0.25, 0.3) is 0 Å². The predicted molar refractivity (Wildman–Crippen MR) is 164 cm³/mol. The van der Waals surface area contributed by atoms with Gasteiger partial charge >= 0.3 is 0 Å². The second-order valence-electron chi connectivity index (χ2n) is 9.84. The molecule has 0 saturated carbocycles. The fraction of sp³-hybridized carbons (Fsp3) is 0.375. The van der Waals surface area contributed by atoms with E-state index < -0.39 is 28.5 Å². The molecular formula is C32H41N3O6S. The van der Waals surface area contributed by atoms with Crippen molar-refractivity contribution in [1.29, 1.82) is 0 Å². The van der Waals surface area contributed by atoms with Crippen LogP contribution in [0.2, 0.25) is 0 Å². The maximum atomic E-state index is 14.1. The maximum Gasteiger partial charge on any atom is 0.264 e. The van der Waals surface area contributed by atoms with Gasteiger partial charge in [-0.15, -0.1) is 0 Å². The molecule has 0 heterocycles. The number of benzene rings is 3. The Morgan fingerprint density at radius 1 is 0.929 bits per heavy atom. The third-order valence-corrected chi connectivity index (χ3v) is 8.53. The Bertz CT molecular complexity index is 1430. The van der Waals surface area contributed by atoms with Crippen LogP contribution in [0.5, 0.6) is 11.5 Å². The number of methoxy groups -OCH3 is 1. The summed E-state index contributed by atoms with van der Waals surface area (Å²) in [7, 11) is -2.60. The number of ether oxygens (including phenoxy) is 2. The molecule has 0 aliphatic carbocycles. The summed E-state index contributed by atoms with van der Waals surface area (Å²) in [6.07, 6.45) is 1.09. The zero-order chi connectivity index (χ0) is 30.7. The predicted octanol–water partition coefficient (Wildman–Crippen LogP) is 4.93. The van der Waals surface area contributed by atoms with Gasteiger partial charge in [0.2, 0.25) is 11.8 Å². The third-order valence-electron chi connectivity index (χ3n) is 6.75. The van der Waals surface area contributed by atoms with Crippen LogP contribution in [0.1, 0.15) is 44.7 Å². The number of amides is 2. The van der Waals surface area contributed by atoms with Crippen LogP contribution in [0.3, 0.4) is 0 Å². The molecule has 0 radical (unpaired) electrons. The Kier molecular flexibility index (Phi) is 11.8. The monoisotopic (exact) mass is 595 g/mol. The van der Waals surface area contributed by atoms with Crippen molar-refractivity contribution in [3.05, 3.63) is 83.9 Å². The topological polar surface area (TPSA) is 105 Å². The van der Waals surface area contributed by atoms with E-state index in [1.807, 2.05) is 39.8 Å². The molecule has 0 saturated heterocycles. The number of sulfonamides is 1. The number of carbonyl (C=O) groups excluding carboxylic acids is 2. The van der Waals surface area contributed by atoms with Gasteiger partial charge in [0, 0.05) is 13.1 Å². The molecule has 1 N–H and O–H groups in total. The lowest BCUT2D eigenvalue weighted by Crippen LogP contribution is -2.52. The van der Waals surface area contributed by atoms with Gasteiger partial charge in [-0.05, 0) is 80.8 Å². The van der Waals surface area contributed by atoms with E-state index in [4.69, 9.17) is 9.47 Å². The normalized spacial score (nSPS) is 11.8. The Hall–Kier alpha value is -4.05. The molecule has 2 amide bonds. The van der Waals surface area contributed by atoms with E-state index >= 15 is 0 Å². The SMILES string of the molecule is CCCNC(=O)[C@@H](CC)N(Cc1cccc(OC)c1)C(=O)CN(c1ccc(OCC)cc1)S(=O)(=O)c1ccc(C)cc1. The zero-order valence-electron chi connectivity index (χ0n) is 25.0. The molecule has 226 valence electrons. The van der Waals surface area contributed by atoms with Crippen molar-refractivity contribution in [3.8, 4) is 11.5 Å². The van der Waals surface area contributed by atoms with E-state index in [0.717, 1.165) is 21.9 Å². The van der Waals surface area contributed by atoms with Crippen LogP contribution >= 0.6 is 0 Å². The number of aryl methyl sites for hydroxylation is 1. The standard InChI is InChI=1S/C32H41N3O6S/c1-6-20-33-32(37)30(7-2)34(22-25-10-9-11-28(21-25)40-5)31(36)23-35(26-14-16-27(17-15-26)41-8-3)42(38,39)29-18-12-24(4)13-19-29/h9-19,21,30H,6-8,20,22-23H2,1-5H3,(H,33,37)/t30-/m1/s1. The summed E-state index contributed by atoms with van der Waals surface area (Å²) in [4.78, 5) is 28.9. The molecule has 3 aromatic rings. The smallest absolute Gasteiger partial charge is 0.264 e. The molecule has 0 aliphatic heterocycles. The van der Waals surface area contributed by atoms with Gasteiger partial charge in [-0.2, -0.15) is 0 Å². The quantitative estimate of drug-likeness (QED) is 0.267. The van der Waals surface area contributed by atoms with Crippen molar-refractivity contribution in [2.75, 3.05) is 31.1 Å². The first-order valence-corrected chi connectivity index (χ1v) is 15.6. The Balaban J connectivity index is 2.06. The van der Waals surface area contributed by atoms with Gasteiger partial charge in [0.1, 0.15) is 24.1 Å². The first-order valence-electron chi connectivity index (χ1n) is 14.2. The fourth-order valence-electron chi connectivity index (χ4n) is 4.49. The summed E-state index contributed by atoms with van der Waals surface area (Å²) in [6, 6.07) is 19.5. The highest BCUT2D eigenvalue weighted by Crippen LogP contribution is 2.27. The molecule has 3 rings (SSSR count). The van der Waals surface area contributed by atoms with Gasteiger partial charge in [0.25, 0.3) is 10.0 Å². The molecular weight excluding hydrogens is 554 g/mol. The molecule has 0 bridgehead atoms. The summed E-state index contributed by atoms with van der Waals surface area (Å²) < 4.78 is 40.0. The molecule has 3 aromatic carbocycles. The van der Waals surface area contributed by atoms with E-state index in [9.17, 15) is 18.0 Å². The summed E-state index contributed by atoms with van der Waals surface area (Å²) in [5, 5.41) is 2.89. The highest BCUT2D eigenvalue weighted by Gasteiger charge is 2.33. The molecule has 9 nitrogen and oxygen atoms in total. The number of hydrogen-bond acceptors (Lipinski definition) is 6. The van der Waals surface area contributed by atoms with Gasteiger partial charge in [-0.25, -0.2) is 8.42 Å². The van der Waals surface area contributed by atoms with Crippen molar-refractivity contribution < 1.29 is 27.5 Å². The Morgan fingerprint density at radius 3 is 2.21 bits per heavy atom. The summed E-state index contributed by atoms with van der Waals surface area (Å²) >= 11 is 0. The van der Waals surface area contributed by atoms with Crippen molar-refractivity contribution in [2.24, 2.45) is 0 Å². The van der Waals surface area contributed by atoms with Crippen LogP contribution in [0.4, 0.5) is 5.69 Å². The molecule has 0 aliphatic rings. The van der Waals surface area contributed by atoms with Crippen LogP contribution in [-0.4, -0.2) is 58.0 Å². The molecule has 0 unspecified atom stereocenters. The van der Waals surface area contributed by atoms with E-state index in [2.05, 4.69) is 5.32 Å². The van der Waals surface area contributed by atoms with Gasteiger partial charge in [-0.1, -0.05) is 43.7 Å². The number of nitrogens with zero attached hydrogens (tertiary/aromatic N) is 2. The minimum Gasteiger partial charge on any atom is -0.497 e. The first kappa shape index (κ1) is 32.5. The Morgan fingerprint density at radius 2 is 1.62 bits per heavy atom. The summed E-state index contributed by atoms with van der Waals surface area (Å²) in [5.74, 6) is 0.394. The lowest BCUT2D eigenvalue weighted by atomic mass is 10.1. The third kappa shape index (κ3) is 8.25. The average molecular weight is 596 g/mol. The van der Waals surface area contributed by atoms with E-state index in [1.165, 1.54) is 17.0 Å². The van der Waals surface area contributed by atoms with Crippen molar-refractivity contribution in [1.82, 2.24) is 10.2 Å². The van der Waals surface area contributed by atoms with Gasteiger partial charge in [0.05, 0.1) is 24.3 Å². The van der Waals surface area contributed by atoms with Crippen LogP contribution in [-0.2, 0) is 26.2 Å². The van der Waals surface area contributed by atoms with Crippen LogP contribution in [0, 0.1) is 6.92 Å². The molecule has 10 heteroatoms. The van der Waals surface area contributed by atoms with Crippen molar-refractivity contribution in [3.63, 3.8) is 0 Å². The minimum atomic E-state index is -4.15. The number of anilines is 1. The highest BCUT2D eigenvalue weighted by molar-refractivity contribution is 7.92. The van der Waals surface area contributed by atoms with E-state index in [1.54, 1.807) is 55.6 Å². The van der Waals surface area contributed by atoms with Crippen LogP contribution in [0.15, 0.2) is 77.7 Å². The number of rotatable bonds is 15. The van der Waals surface area contributed by atoms with E-state index in [0.29, 0.717) is 36.8 Å². The van der Waals surface area contributed by atoms with Crippen molar-refractivity contribution >= 4 is 27.5 Å². The van der Waals surface area contributed by atoms with Crippen LogP contribution < -0.4 is 19.1 Å². The lowest BCUT2D eigenvalue weighted by Gasteiger charge is -2.33. The number of hydrogen-bond donors (Lipinski definition) is 1. The first-order chi connectivity index (χ1) is 20.1. The molecule has 0 aromatic heterocycles. The number of carbonyl (C=O) groups is 2. The van der Waals surface area contributed by atoms with Gasteiger partial charge < -0.3 is 19.7 Å². The highest BCUT2D eigenvalue weighted by atomic mass is 32.2. The van der Waals surface area contributed by atoms with Gasteiger partial charge in [-0.3, -0.25) is 13.9 Å². The summed E-state index contributed by atoms with van der Waals surface area (Å²) in [6.45, 7) is 8.02. The average Bonchev–Trinajstić information content (AvgIpc) is 2.99. The largest absolute Gasteiger partial charge is 0.497 e. The fourth-order valence-corrected chi connectivity index (χ4v) is 5.91. The molecule has 0 spiro atoms. The van der Waals surface area contributed by atoms with Crippen molar-refractivity contribution in [2.45, 2.75) is 58.0 Å². The molecule has 42 heavy (non-hydrogen) atoms. The second kappa shape index (κ2) is 15.3. The summed E-state index contributed by atoms with van der Waals surface area (Å²) in [5.41, 5.74) is 1.96. The molecule has 0 fully saturated rings. The second-order valence-corrected chi connectivity index (χ2v) is 11.7. The maximum absolute atomic E-state index is 14.1. The van der Waals surface area contributed by atoms with E-state index in [-0.39, 0.29) is 17.3 Å². The Labute approximate surface area is 249 Å². The molecule has 1 atom stereocenters. The number of nitrogens with one attached hydrogen (secondary N) is 1. The zero-order valence-corrected chi connectivity index (χ0v) is 25.8. The minimum absolute atomic E-state index is 0.0573.